The van der Waals surface area contributed by atoms with E-state index in [0.29, 0.717) is 6.61 Å². The zero-order valence-electron chi connectivity index (χ0n) is 17.1. The molecule has 0 unspecified atom stereocenters. The van der Waals surface area contributed by atoms with Gasteiger partial charge in [0, 0.05) is 0 Å². The summed E-state index contributed by atoms with van der Waals surface area (Å²) >= 11 is 0. The van der Waals surface area contributed by atoms with E-state index < -0.39 is 7.26 Å². The van der Waals surface area contributed by atoms with Crippen LogP contribution in [-0.4, -0.2) is 6.61 Å². The van der Waals surface area contributed by atoms with Crippen molar-refractivity contribution in [2.24, 2.45) is 0 Å². The molecular formula is C27H26ClOP. The Labute approximate surface area is 186 Å². The maximum Gasteiger partial charge on any atom is 0.162 e. The van der Waals surface area contributed by atoms with Crippen molar-refractivity contribution in [1.29, 1.82) is 0 Å². The van der Waals surface area contributed by atoms with Gasteiger partial charge in [0.1, 0.15) is 23.2 Å². The van der Waals surface area contributed by atoms with Crippen LogP contribution in [0.15, 0.2) is 115 Å². The summed E-state index contributed by atoms with van der Waals surface area (Å²) < 4.78 is 6.15. The SMILES string of the molecule is CCOc1ccccc1[P+](Cc1ccccc1)(c1ccccc1)c1ccccc1.[Cl-]. The van der Waals surface area contributed by atoms with Gasteiger partial charge in [0.15, 0.2) is 5.75 Å². The standard InChI is InChI=1S/C27H26OP.ClH/c1-2-28-26-20-12-13-21-27(26)29(24-16-8-4-9-17-24,25-18-10-5-11-19-25)22-23-14-6-3-7-15-23;/h3-21H,2,22H2,1H3;1H/q+1;/p-1. The van der Waals surface area contributed by atoms with Crippen molar-refractivity contribution in [3.05, 3.63) is 121 Å². The zero-order valence-corrected chi connectivity index (χ0v) is 18.8. The van der Waals surface area contributed by atoms with Crippen molar-refractivity contribution in [2.75, 3.05) is 6.61 Å². The third kappa shape index (κ3) is 4.43. The molecule has 0 amide bonds. The summed E-state index contributed by atoms with van der Waals surface area (Å²) in [6, 6.07) is 41.4. The van der Waals surface area contributed by atoms with Crippen molar-refractivity contribution in [3.8, 4) is 5.75 Å². The fraction of sp³-hybridized carbons (Fsp3) is 0.111. The molecule has 0 bridgehead atoms. The highest BCUT2D eigenvalue weighted by Crippen LogP contribution is 2.59. The molecule has 0 spiro atoms. The minimum atomic E-state index is -1.97. The number of para-hydroxylation sites is 1. The van der Waals surface area contributed by atoms with Gasteiger partial charge < -0.3 is 17.1 Å². The van der Waals surface area contributed by atoms with E-state index in [-0.39, 0.29) is 12.4 Å². The van der Waals surface area contributed by atoms with E-state index in [4.69, 9.17) is 4.74 Å². The van der Waals surface area contributed by atoms with Crippen LogP contribution in [-0.2, 0) is 6.16 Å². The summed E-state index contributed by atoms with van der Waals surface area (Å²) in [6.07, 6.45) is 0.964. The lowest BCUT2D eigenvalue weighted by atomic mass is 10.2. The lowest BCUT2D eigenvalue weighted by Gasteiger charge is -2.29. The smallest absolute Gasteiger partial charge is 0.162 e. The van der Waals surface area contributed by atoms with E-state index in [1.165, 1.54) is 21.5 Å². The van der Waals surface area contributed by atoms with Gasteiger partial charge in [-0.1, -0.05) is 78.9 Å². The van der Waals surface area contributed by atoms with Crippen LogP contribution in [0.5, 0.6) is 5.75 Å². The van der Waals surface area contributed by atoms with E-state index in [1.807, 2.05) is 0 Å². The summed E-state index contributed by atoms with van der Waals surface area (Å²) in [6.45, 7) is 2.71. The van der Waals surface area contributed by atoms with E-state index in [1.54, 1.807) is 0 Å². The first-order valence-corrected chi connectivity index (χ1v) is 12.1. The van der Waals surface area contributed by atoms with Crippen LogP contribution in [0.3, 0.4) is 0 Å². The summed E-state index contributed by atoms with van der Waals surface area (Å²) in [5, 5.41) is 4.06. The molecule has 4 aromatic rings. The molecule has 0 heterocycles. The number of hydrogen-bond acceptors (Lipinski definition) is 1. The molecule has 3 heteroatoms. The van der Waals surface area contributed by atoms with Crippen LogP contribution in [0.2, 0.25) is 0 Å². The Kier molecular flexibility index (Phi) is 7.69. The summed E-state index contributed by atoms with van der Waals surface area (Å²) in [7, 11) is -1.97. The summed E-state index contributed by atoms with van der Waals surface area (Å²) in [5.74, 6) is 0.993. The molecule has 30 heavy (non-hydrogen) atoms. The van der Waals surface area contributed by atoms with Crippen molar-refractivity contribution >= 4 is 23.2 Å². The van der Waals surface area contributed by atoms with Gasteiger partial charge in [0.05, 0.1) is 12.8 Å². The van der Waals surface area contributed by atoms with E-state index >= 15 is 0 Å². The van der Waals surface area contributed by atoms with E-state index in [2.05, 4.69) is 122 Å². The van der Waals surface area contributed by atoms with Crippen LogP contribution >= 0.6 is 7.26 Å². The fourth-order valence-corrected chi connectivity index (χ4v) is 8.33. The molecule has 152 valence electrons. The van der Waals surface area contributed by atoms with Gasteiger partial charge in [0.25, 0.3) is 0 Å². The third-order valence-electron chi connectivity index (χ3n) is 5.23. The van der Waals surface area contributed by atoms with E-state index in [9.17, 15) is 0 Å². The molecule has 0 aromatic heterocycles. The first kappa shape index (κ1) is 22.1. The summed E-state index contributed by atoms with van der Waals surface area (Å²) in [4.78, 5) is 0. The predicted octanol–water partition coefficient (Wildman–Crippen LogP) is 2.58. The first-order valence-electron chi connectivity index (χ1n) is 10.1. The minimum Gasteiger partial charge on any atom is -1.00 e. The molecule has 0 N–H and O–H groups in total. The average Bonchev–Trinajstić information content (AvgIpc) is 2.80. The Hall–Kier alpha value is -2.60. The highest BCUT2D eigenvalue weighted by atomic mass is 35.5. The maximum atomic E-state index is 6.15. The molecule has 4 rings (SSSR count). The van der Waals surface area contributed by atoms with Crippen molar-refractivity contribution in [1.82, 2.24) is 0 Å². The molecule has 0 saturated carbocycles. The minimum absolute atomic E-state index is 0. The molecule has 0 aliphatic carbocycles. The Balaban J connectivity index is 0.00000256. The van der Waals surface area contributed by atoms with Crippen molar-refractivity contribution < 1.29 is 17.1 Å². The Morgan fingerprint density at radius 2 is 1.07 bits per heavy atom. The summed E-state index contributed by atoms with van der Waals surface area (Å²) in [5.41, 5.74) is 1.35. The van der Waals surface area contributed by atoms with Crippen LogP contribution in [0.1, 0.15) is 12.5 Å². The number of benzene rings is 4. The van der Waals surface area contributed by atoms with Gasteiger partial charge in [0.2, 0.25) is 0 Å². The molecule has 0 radical (unpaired) electrons. The lowest BCUT2D eigenvalue weighted by Crippen LogP contribution is -3.00. The average molecular weight is 433 g/mol. The topological polar surface area (TPSA) is 9.23 Å². The van der Waals surface area contributed by atoms with Crippen LogP contribution in [0, 0.1) is 0 Å². The Bertz CT molecular complexity index is 996. The van der Waals surface area contributed by atoms with Crippen LogP contribution < -0.4 is 33.1 Å². The number of halogens is 1. The quantitative estimate of drug-likeness (QED) is 0.408. The number of hydrogen-bond donors (Lipinski definition) is 0. The van der Waals surface area contributed by atoms with Crippen LogP contribution in [0.25, 0.3) is 0 Å². The number of ether oxygens (including phenoxy) is 1. The van der Waals surface area contributed by atoms with Gasteiger partial charge in [-0.2, -0.15) is 0 Å². The van der Waals surface area contributed by atoms with Gasteiger partial charge in [-0.3, -0.25) is 0 Å². The Morgan fingerprint density at radius 1 is 0.600 bits per heavy atom. The van der Waals surface area contributed by atoms with E-state index in [0.717, 1.165) is 11.9 Å². The van der Waals surface area contributed by atoms with Gasteiger partial charge in [-0.25, -0.2) is 0 Å². The third-order valence-corrected chi connectivity index (χ3v) is 9.62. The van der Waals surface area contributed by atoms with Gasteiger partial charge >= 0.3 is 0 Å². The van der Waals surface area contributed by atoms with Gasteiger partial charge in [-0.05, 0) is 48.9 Å². The number of rotatable bonds is 7. The van der Waals surface area contributed by atoms with Crippen molar-refractivity contribution in [3.63, 3.8) is 0 Å². The lowest BCUT2D eigenvalue weighted by molar-refractivity contribution is -0.00000622. The first-order chi connectivity index (χ1) is 14.3. The maximum absolute atomic E-state index is 6.15. The Morgan fingerprint density at radius 3 is 1.60 bits per heavy atom. The molecule has 0 aliphatic heterocycles. The second-order valence-corrected chi connectivity index (χ2v) is 10.5. The zero-order chi connectivity index (χ0) is 19.9. The van der Waals surface area contributed by atoms with Gasteiger partial charge in [-0.15, -0.1) is 0 Å². The molecule has 0 saturated heterocycles. The van der Waals surface area contributed by atoms with Crippen LogP contribution in [0.4, 0.5) is 0 Å². The highest BCUT2D eigenvalue weighted by Gasteiger charge is 2.47. The highest BCUT2D eigenvalue weighted by molar-refractivity contribution is 7.95. The molecular weight excluding hydrogens is 407 g/mol. The molecule has 0 fully saturated rings. The predicted molar refractivity (Wildman–Crippen MR) is 126 cm³/mol. The molecule has 1 nitrogen and oxygen atoms in total. The monoisotopic (exact) mass is 432 g/mol. The van der Waals surface area contributed by atoms with Crippen molar-refractivity contribution in [2.45, 2.75) is 13.1 Å². The molecule has 0 aliphatic rings. The largest absolute Gasteiger partial charge is 1.00 e. The molecule has 4 aromatic carbocycles. The fourth-order valence-electron chi connectivity index (χ4n) is 3.97. The second kappa shape index (κ2) is 10.4. The second-order valence-electron chi connectivity index (χ2n) is 7.03. The normalized spacial score (nSPS) is 10.8. The molecule has 0 atom stereocenters.